The number of carbonyl (C=O) groups excluding carboxylic acids is 2. The van der Waals surface area contributed by atoms with Gasteiger partial charge in [0.1, 0.15) is 22.7 Å². The van der Waals surface area contributed by atoms with Crippen molar-refractivity contribution >= 4 is 51.6 Å². The van der Waals surface area contributed by atoms with E-state index < -0.39 is 11.7 Å². The smallest absolute Gasteiger partial charge is 0.269 e. The Labute approximate surface area is 187 Å². The first-order valence-corrected chi connectivity index (χ1v) is 10.5. The second-order valence-corrected chi connectivity index (χ2v) is 8.27. The summed E-state index contributed by atoms with van der Waals surface area (Å²) in [4.78, 5) is 33.3. The van der Waals surface area contributed by atoms with Gasteiger partial charge in [0.2, 0.25) is 0 Å². The molecule has 0 saturated carbocycles. The summed E-state index contributed by atoms with van der Waals surface area (Å²) < 4.78 is 14.3. The number of primary amides is 1. The molecule has 10 heteroatoms. The van der Waals surface area contributed by atoms with Gasteiger partial charge in [-0.2, -0.15) is 0 Å². The first-order valence-electron chi connectivity index (χ1n) is 9.74. The van der Waals surface area contributed by atoms with E-state index in [9.17, 15) is 14.0 Å². The highest BCUT2D eigenvalue weighted by Crippen LogP contribution is 2.31. The summed E-state index contributed by atoms with van der Waals surface area (Å²) in [6.45, 7) is 2.93. The molecule has 0 aliphatic carbocycles. The summed E-state index contributed by atoms with van der Waals surface area (Å²) in [5, 5.41) is 4.13. The number of carbonyl (C=O) groups is 2. The Hall–Kier alpha value is -2.84. The van der Waals surface area contributed by atoms with Gasteiger partial charge >= 0.3 is 0 Å². The summed E-state index contributed by atoms with van der Waals surface area (Å²) in [7, 11) is 0. The van der Waals surface area contributed by atoms with Crippen LogP contribution in [0.3, 0.4) is 0 Å². The highest BCUT2D eigenvalue weighted by molar-refractivity contribution is 6.44. The molecule has 1 aliphatic rings. The molecule has 1 aliphatic heterocycles. The third-order valence-corrected chi connectivity index (χ3v) is 6.42. The van der Waals surface area contributed by atoms with Crippen LogP contribution in [0.1, 0.15) is 39.5 Å². The monoisotopic (exact) mass is 463 g/mol. The maximum absolute atomic E-state index is 14.3. The zero-order chi connectivity index (χ0) is 22.3. The number of benzene rings is 1. The summed E-state index contributed by atoms with van der Waals surface area (Å²) in [5.74, 6) is -1.54. The SMILES string of the molecule is Cc1[nH]c(C(=O)NC2CCN(c3cc(C(N)=O)nc4c(F)cccc34)CC2)c(Cl)c1Cl. The van der Waals surface area contributed by atoms with Gasteiger partial charge in [-0.15, -0.1) is 0 Å². The van der Waals surface area contributed by atoms with Crippen LogP contribution in [0.2, 0.25) is 10.0 Å². The van der Waals surface area contributed by atoms with E-state index in [1.54, 1.807) is 25.1 Å². The topological polar surface area (TPSA) is 104 Å². The van der Waals surface area contributed by atoms with E-state index in [1.807, 2.05) is 4.90 Å². The molecule has 0 spiro atoms. The molecular weight excluding hydrogens is 444 g/mol. The van der Waals surface area contributed by atoms with E-state index in [0.717, 1.165) is 0 Å². The van der Waals surface area contributed by atoms with Crippen LogP contribution in [0.5, 0.6) is 0 Å². The quantitative estimate of drug-likeness (QED) is 0.546. The maximum atomic E-state index is 14.3. The molecule has 2 amide bonds. The Balaban J connectivity index is 1.52. The molecule has 0 radical (unpaired) electrons. The standard InChI is InChI=1S/C21H20Cl2FN5O2/c1-10-16(22)17(23)19(26-10)21(31)27-11-5-7-29(8-6-11)15-9-14(20(25)30)28-18-12(15)3-2-4-13(18)24/h2-4,9,11,26H,5-8H2,1H3,(H2,25,30)(H,27,31). The molecule has 3 heterocycles. The minimum absolute atomic E-state index is 0.0108. The van der Waals surface area contributed by atoms with Crippen LogP contribution >= 0.6 is 23.2 Å². The lowest BCUT2D eigenvalue weighted by atomic mass is 10.0. The first-order chi connectivity index (χ1) is 14.8. The summed E-state index contributed by atoms with van der Waals surface area (Å²) in [6, 6.07) is 6.19. The number of amides is 2. The Kier molecular flexibility index (Phi) is 5.77. The van der Waals surface area contributed by atoms with Gasteiger partial charge in [-0.25, -0.2) is 9.37 Å². The largest absolute Gasteiger partial charge is 0.371 e. The molecule has 162 valence electrons. The number of rotatable bonds is 4. The second-order valence-electron chi connectivity index (χ2n) is 7.51. The van der Waals surface area contributed by atoms with Crippen LogP contribution in [-0.2, 0) is 0 Å². The van der Waals surface area contributed by atoms with Gasteiger partial charge in [0.05, 0.1) is 10.0 Å². The fourth-order valence-corrected chi connectivity index (χ4v) is 4.25. The Bertz CT molecular complexity index is 1190. The van der Waals surface area contributed by atoms with Gasteiger partial charge < -0.3 is 20.9 Å². The van der Waals surface area contributed by atoms with E-state index >= 15 is 0 Å². The average Bonchev–Trinajstić information content (AvgIpc) is 3.01. The fourth-order valence-electron chi connectivity index (χ4n) is 3.83. The fraction of sp³-hybridized carbons (Fsp3) is 0.286. The number of nitrogens with one attached hydrogen (secondary N) is 2. The second kappa shape index (κ2) is 8.36. The van der Waals surface area contributed by atoms with Crippen molar-refractivity contribution < 1.29 is 14.0 Å². The van der Waals surface area contributed by atoms with Gasteiger partial charge in [-0.3, -0.25) is 9.59 Å². The van der Waals surface area contributed by atoms with Crippen LogP contribution in [0, 0.1) is 12.7 Å². The maximum Gasteiger partial charge on any atom is 0.269 e. The van der Waals surface area contributed by atoms with Gasteiger partial charge in [-0.1, -0.05) is 35.3 Å². The Morgan fingerprint density at radius 1 is 1.26 bits per heavy atom. The van der Waals surface area contributed by atoms with Crippen LogP contribution in [0.25, 0.3) is 10.9 Å². The highest BCUT2D eigenvalue weighted by Gasteiger charge is 2.26. The molecule has 7 nitrogen and oxygen atoms in total. The van der Waals surface area contributed by atoms with E-state index in [2.05, 4.69) is 15.3 Å². The first kappa shape index (κ1) is 21.4. The molecule has 3 aromatic rings. The molecule has 1 fully saturated rings. The number of aromatic amines is 1. The van der Waals surface area contributed by atoms with Crippen molar-refractivity contribution in [1.82, 2.24) is 15.3 Å². The minimum Gasteiger partial charge on any atom is -0.371 e. The summed E-state index contributed by atoms with van der Waals surface area (Å²) in [5.41, 5.74) is 7.09. The summed E-state index contributed by atoms with van der Waals surface area (Å²) in [6.07, 6.45) is 1.31. The predicted octanol–water partition coefficient (Wildman–Crippen LogP) is 3.81. The molecule has 2 aromatic heterocycles. The van der Waals surface area contributed by atoms with Crippen molar-refractivity contribution in [2.45, 2.75) is 25.8 Å². The number of piperidine rings is 1. The van der Waals surface area contributed by atoms with Crippen molar-refractivity contribution in [2.24, 2.45) is 5.73 Å². The molecule has 4 N–H and O–H groups in total. The molecule has 0 bridgehead atoms. The van der Waals surface area contributed by atoms with Crippen LogP contribution in [-0.4, -0.2) is 40.9 Å². The lowest BCUT2D eigenvalue weighted by Gasteiger charge is -2.34. The summed E-state index contributed by atoms with van der Waals surface area (Å²) >= 11 is 12.2. The predicted molar refractivity (Wildman–Crippen MR) is 118 cm³/mol. The van der Waals surface area contributed by atoms with Crippen molar-refractivity contribution in [2.75, 3.05) is 18.0 Å². The van der Waals surface area contributed by atoms with Crippen LogP contribution in [0.15, 0.2) is 24.3 Å². The van der Waals surface area contributed by atoms with Crippen molar-refractivity contribution in [3.05, 3.63) is 57.2 Å². The van der Waals surface area contributed by atoms with E-state index in [-0.39, 0.29) is 33.9 Å². The van der Waals surface area contributed by atoms with E-state index in [0.29, 0.717) is 47.7 Å². The van der Waals surface area contributed by atoms with Gasteiger partial charge in [0, 0.05) is 35.9 Å². The zero-order valence-corrected chi connectivity index (χ0v) is 18.1. The third kappa shape index (κ3) is 4.05. The molecule has 31 heavy (non-hydrogen) atoms. The minimum atomic E-state index is -0.717. The van der Waals surface area contributed by atoms with E-state index in [1.165, 1.54) is 6.07 Å². The number of H-pyrrole nitrogens is 1. The number of aryl methyl sites for hydroxylation is 1. The molecule has 0 atom stereocenters. The number of nitrogens with two attached hydrogens (primary N) is 1. The van der Waals surface area contributed by atoms with Crippen molar-refractivity contribution in [3.8, 4) is 0 Å². The molecule has 1 aromatic carbocycles. The molecule has 1 saturated heterocycles. The number of pyridine rings is 1. The normalized spacial score (nSPS) is 14.8. The average molecular weight is 464 g/mol. The lowest BCUT2D eigenvalue weighted by molar-refractivity contribution is 0.0925. The molecule has 4 rings (SSSR count). The zero-order valence-electron chi connectivity index (χ0n) is 16.6. The number of halogens is 3. The number of hydrogen-bond donors (Lipinski definition) is 3. The third-order valence-electron chi connectivity index (χ3n) is 5.47. The Morgan fingerprint density at radius 3 is 2.58 bits per heavy atom. The van der Waals surface area contributed by atoms with Gasteiger partial charge in [0.25, 0.3) is 11.8 Å². The van der Waals surface area contributed by atoms with Gasteiger partial charge in [0.15, 0.2) is 0 Å². The van der Waals surface area contributed by atoms with Crippen LogP contribution < -0.4 is 16.0 Å². The number of nitrogens with zero attached hydrogens (tertiary/aromatic N) is 2. The molecule has 0 unspecified atom stereocenters. The molecular formula is C21H20Cl2FN5O2. The van der Waals surface area contributed by atoms with Gasteiger partial charge in [-0.05, 0) is 31.9 Å². The highest BCUT2D eigenvalue weighted by atomic mass is 35.5. The van der Waals surface area contributed by atoms with Crippen molar-refractivity contribution in [1.29, 1.82) is 0 Å². The number of hydrogen-bond acceptors (Lipinski definition) is 4. The number of aromatic nitrogens is 2. The number of para-hydroxylation sites is 1. The van der Waals surface area contributed by atoms with Crippen LogP contribution in [0.4, 0.5) is 10.1 Å². The number of anilines is 1. The van der Waals surface area contributed by atoms with Crippen molar-refractivity contribution in [3.63, 3.8) is 0 Å². The Morgan fingerprint density at radius 2 is 1.97 bits per heavy atom. The number of fused-ring (bicyclic) bond motifs is 1. The van der Waals surface area contributed by atoms with E-state index in [4.69, 9.17) is 28.9 Å². The lowest BCUT2D eigenvalue weighted by Crippen LogP contribution is -2.45.